The quantitative estimate of drug-likeness (QED) is 0.662. The molecule has 0 spiro atoms. The molecule has 0 amide bonds. The lowest BCUT2D eigenvalue weighted by atomic mass is 10.1. The predicted octanol–water partition coefficient (Wildman–Crippen LogP) is 2.69. The Bertz CT molecular complexity index is 139. The van der Waals surface area contributed by atoms with Crippen molar-refractivity contribution in [2.75, 3.05) is 13.1 Å². The van der Waals surface area contributed by atoms with Gasteiger partial charge in [0.1, 0.15) is 0 Å². The highest BCUT2D eigenvalue weighted by Gasteiger charge is 2.11. The first-order chi connectivity index (χ1) is 7.33. The zero-order chi connectivity index (χ0) is 10.9. The molecule has 2 nitrogen and oxygen atoms in total. The van der Waals surface area contributed by atoms with Gasteiger partial charge in [-0.05, 0) is 39.3 Å². The van der Waals surface area contributed by atoms with E-state index in [0.29, 0.717) is 6.04 Å². The summed E-state index contributed by atoms with van der Waals surface area (Å²) in [5, 5.41) is 7.17. The summed E-state index contributed by atoms with van der Waals surface area (Å²) in [4.78, 5) is 0. The molecule has 0 aromatic heterocycles. The minimum Gasteiger partial charge on any atom is -0.314 e. The summed E-state index contributed by atoms with van der Waals surface area (Å²) < 4.78 is 0. The van der Waals surface area contributed by atoms with Crippen molar-refractivity contribution in [3.8, 4) is 0 Å². The lowest BCUT2D eigenvalue weighted by molar-refractivity contribution is 0.428. The van der Waals surface area contributed by atoms with Gasteiger partial charge in [-0.1, -0.05) is 32.6 Å². The highest BCUT2D eigenvalue weighted by atomic mass is 14.9. The average Bonchev–Trinajstić information content (AvgIpc) is 2.47. The molecule has 2 heteroatoms. The van der Waals surface area contributed by atoms with Crippen LogP contribution >= 0.6 is 0 Å². The molecule has 0 aromatic carbocycles. The van der Waals surface area contributed by atoms with Gasteiger partial charge in [0.25, 0.3) is 0 Å². The third-order valence-corrected chi connectivity index (χ3v) is 3.42. The summed E-state index contributed by atoms with van der Waals surface area (Å²) in [6.45, 7) is 6.72. The molecule has 0 aromatic rings. The van der Waals surface area contributed by atoms with Crippen LogP contribution in [0.5, 0.6) is 0 Å². The number of hydrogen-bond acceptors (Lipinski definition) is 2. The molecule has 0 saturated heterocycles. The smallest absolute Gasteiger partial charge is 0.00670 e. The first-order valence-corrected chi connectivity index (χ1v) is 6.79. The van der Waals surface area contributed by atoms with Crippen LogP contribution in [0.2, 0.25) is 0 Å². The summed E-state index contributed by atoms with van der Waals surface area (Å²) >= 11 is 0. The molecule has 1 fully saturated rings. The molecule has 0 radical (unpaired) electrons. The minimum atomic E-state index is 0.660. The second-order valence-corrected chi connectivity index (χ2v) is 4.89. The molecular weight excluding hydrogens is 184 g/mol. The van der Waals surface area contributed by atoms with Gasteiger partial charge in [0, 0.05) is 12.1 Å². The second-order valence-electron chi connectivity index (χ2n) is 4.89. The van der Waals surface area contributed by atoms with Gasteiger partial charge in [-0.25, -0.2) is 0 Å². The Balaban J connectivity index is 2.02. The van der Waals surface area contributed by atoms with Crippen LogP contribution in [0.1, 0.15) is 58.8 Å². The van der Waals surface area contributed by atoms with Crippen LogP contribution in [-0.2, 0) is 0 Å². The number of rotatable bonds is 6. The maximum absolute atomic E-state index is 3.71. The fourth-order valence-corrected chi connectivity index (χ4v) is 2.44. The van der Waals surface area contributed by atoms with Crippen molar-refractivity contribution in [1.82, 2.24) is 10.6 Å². The lowest BCUT2D eigenvalue weighted by Crippen LogP contribution is -2.34. The summed E-state index contributed by atoms with van der Waals surface area (Å²) in [6.07, 6.45) is 9.81. The van der Waals surface area contributed by atoms with E-state index >= 15 is 0 Å². The van der Waals surface area contributed by atoms with Crippen molar-refractivity contribution in [1.29, 1.82) is 0 Å². The zero-order valence-electron chi connectivity index (χ0n) is 10.5. The van der Waals surface area contributed by atoms with Gasteiger partial charge in [0.2, 0.25) is 0 Å². The highest BCUT2D eigenvalue weighted by Crippen LogP contribution is 2.17. The maximum Gasteiger partial charge on any atom is 0.00670 e. The largest absolute Gasteiger partial charge is 0.314 e. The summed E-state index contributed by atoms with van der Waals surface area (Å²) in [5.74, 6) is 0. The molecule has 15 heavy (non-hydrogen) atoms. The average molecular weight is 212 g/mol. The Morgan fingerprint density at radius 1 is 1.13 bits per heavy atom. The monoisotopic (exact) mass is 212 g/mol. The van der Waals surface area contributed by atoms with Crippen molar-refractivity contribution < 1.29 is 0 Å². The van der Waals surface area contributed by atoms with Crippen molar-refractivity contribution in [3.05, 3.63) is 0 Å². The Kier molecular flexibility index (Phi) is 7.03. The summed E-state index contributed by atoms with van der Waals surface area (Å²) in [7, 11) is 0. The van der Waals surface area contributed by atoms with Gasteiger partial charge in [-0.3, -0.25) is 0 Å². The third kappa shape index (κ3) is 6.16. The van der Waals surface area contributed by atoms with Crippen molar-refractivity contribution >= 4 is 0 Å². The summed E-state index contributed by atoms with van der Waals surface area (Å²) in [5.41, 5.74) is 0. The van der Waals surface area contributed by atoms with E-state index in [0.717, 1.165) is 12.6 Å². The normalized spacial score (nSPS) is 21.2. The fraction of sp³-hybridized carbons (Fsp3) is 1.00. The van der Waals surface area contributed by atoms with Crippen molar-refractivity contribution in [3.63, 3.8) is 0 Å². The molecule has 1 aliphatic carbocycles. The van der Waals surface area contributed by atoms with Crippen LogP contribution in [0.15, 0.2) is 0 Å². The highest BCUT2D eigenvalue weighted by molar-refractivity contribution is 4.71. The number of nitrogens with one attached hydrogen (secondary N) is 2. The van der Waals surface area contributed by atoms with Gasteiger partial charge < -0.3 is 10.6 Å². The van der Waals surface area contributed by atoms with Gasteiger partial charge in [-0.2, -0.15) is 0 Å². The van der Waals surface area contributed by atoms with Crippen LogP contribution < -0.4 is 10.6 Å². The van der Waals surface area contributed by atoms with E-state index in [1.807, 2.05) is 0 Å². The third-order valence-electron chi connectivity index (χ3n) is 3.42. The Hall–Kier alpha value is -0.0800. The van der Waals surface area contributed by atoms with E-state index in [1.54, 1.807) is 0 Å². The minimum absolute atomic E-state index is 0.660. The van der Waals surface area contributed by atoms with E-state index in [4.69, 9.17) is 0 Å². The molecule has 2 N–H and O–H groups in total. The molecular formula is C13H28N2. The van der Waals surface area contributed by atoms with E-state index in [-0.39, 0.29) is 0 Å². The molecule has 0 bridgehead atoms. The van der Waals surface area contributed by atoms with E-state index < -0.39 is 0 Å². The lowest BCUT2D eigenvalue weighted by Gasteiger charge is -2.18. The van der Waals surface area contributed by atoms with E-state index in [1.165, 1.54) is 51.5 Å². The number of hydrogen-bond donors (Lipinski definition) is 2. The fourth-order valence-electron chi connectivity index (χ4n) is 2.44. The molecule has 90 valence electrons. The Labute approximate surface area is 95.2 Å². The molecule has 0 heterocycles. The van der Waals surface area contributed by atoms with Gasteiger partial charge in [0.05, 0.1) is 0 Å². The van der Waals surface area contributed by atoms with Crippen LogP contribution in [0, 0.1) is 0 Å². The van der Waals surface area contributed by atoms with Crippen LogP contribution in [-0.4, -0.2) is 25.2 Å². The van der Waals surface area contributed by atoms with E-state index in [9.17, 15) is 0 Å². The van der Waals surface area contributed by atoms with Crippen molar-refractivity contribution in [2.24, 2.45) is 0 Å². The molecule has 0 aliphatic heterocycles. The van der Waals surface area contributed by atoms with Crippen LogP contribution in [0.4, 0.5) is 0 Å². The standard InChI is InChI=1S/C13H28N2/c1-3-14-12(2)10-11-15-13-8-6-4-5-7-9-13/h12-15H,3-11H2,1-2H3. The van der Waals surface area contributed by atoms with Gasteiger partial charge >= 0.3 is 0 Å². The molecule has 1 unspecified atom stereocenters. The van der Waals surface area contributed by atoms with Crippen LogP contribution in [0.25, 0.3) is 0 Å². The van der Waals surface area contributed by atoms with Gasteiger partial charge in [0.15, 0.2) is 0 Å². The molecule has 1 saturated carbocycles. The predicted molar refractivity (Wildman–Crippen MR) is 67.2 cm³/mol. The van der Waals surface area contributed by atoms with Gasteiger partial charge in [-0.15, -0.1) is 0 Å². The topological polar surface area (TPSA) is 24.1 Å². The zero-order valence-corrected chi connectivity index (χ0v) is 10.5. The molecule has 1 rings (SSSR count). The Morgan fingerprint density at radius 3 is 2.40 bits per heavy atom. The molecule has 1 atom stereocenters. The summed E-state index contributed by atoms with van der Waals surface area (Å²) in [6, 6.07) is 1.47. The Morgan fingerprint density at radius 2 is 1.80 bits per heavy atom. The first kappa shape index (κ1) is 13.0. The van der Waals surface area contributed by atoms with Crippen molar-refractivity contribution in [2.45, 2.75) is 70.9 Å². The first-order valence-electron chi connectivity index (χ1n) is 6.79. The molecule has 1 aliphatic rings. The van der Waals surface area contributed by atoms with Crippen LogP contribution in [0.3, 0.4) is 0 Å². The second kappa shape index (κ2) is 8.12. The maximum atomic E-state index is 3.71. The SMILES string of the molecule is CCNC(C)CCNC1CCCCCC1. The van der Waals surface area contributed by atoms with E-state index in [2.05, 4.69) is 24.5 Å².